The van der Waals surface area contributed by atoms with Gasteiger partial charge in [0.05, 0.1) is 39.0 Å². The maximum absolute atomic E-state index is 13.7. The van der Waals surface area contributed by atoms with Crippen LogP contribution in [0.3, 0.4) is 0 Å². The van der Waals surface area contributed by atoms with Crippen LogP contribution in [0.5, 0.6) is 11.5 Å². The van der Waals surface area contributed by atoms with Crippen LogP contribution in [0, 0.1) is 5.92 Å². The first-order chi connectivity index (χ1) is 21.2. The molecule has 5 atom stereocenters. The van der Waals surface area contributed by atoms with Crippen LogP contribution in [0.25, 0.3) is 0 Å². The van der Waals surface area contributed by atoms with Gasteiger partial charge in [-0.25, -0.2) is 0 Å². The van der Waals surface area contributed by atoms with E-state index >= 15 is 0 Å². The molecule has 4 aromatic rings. The van der Waals surface area contributed by atoms with Gasteiger partial charge in [-0.3, -0.25) is 4.79 Å². The zero-order valence-corrected chi connectivity index (χ0v) is 24.2. The summed E-state index contributed by atoms with van der Waals surface area (Å²) in [6.07, 6.45) is -1.04. The van der Waals surface area contributed by atoms with Gasteiger partial charge in [0.1, 0.15) is 12.2 Å². The lowest BCUT2D eigenvalue weighted by Crippen LogP contribution is -2.55. The quantitative estimate of drug-likeness (QED) is 0.189. The van der Waals surface area contributed by atoms with Crippen LogP contribution in [-0.4, -0.2) is 38.2 Å². The molecule has 1 fully saturated rings. The van der Waals surface area contributed by atoms with Gasteiger partial charge in [0, 0.05) is 5.92 Å². The van der Waals surface area contributed by atoms with Gasteiger partial charge in [-0.2, -0.15) is 0 Å². The van der Waals surface area contributed by atoms with Crippen LogP contribution in [0.15, 0.2) is 109 Å². The number of methoxy groups -OCH3 is 1. The van der Waals surface area contributed by atoms with E-state index in [1.807, 2.05) is 109 Å². The molecule has 7 nitrogen and oxygen atoms in total. The number of ether oxygens (including phenoxy) is 6. The van der Waals surface area contributed by atoms with E-state index < -0.39 is 18.1 Å². The first-order valence-electron chi connectivity index (χ1n) is 14.6. The highest BCUT2D eigenvalue weighted by Gasteiger charge is 2.51. The van der Waals surface area contributed by atoms with E-state index in [1.165, 1.54) is 7.11 Å². The van der Waals surface area contributed by atoms with E-state index in [0.29, 0.717) is 37.7 Å². The lowest BCUT2D eigenvalue weighted by molar-refractivity contribution is -0.202. The smallest absolute Gasteiger partial charge is 0.312 e. The highest BCUT2D eigenvalue weighted by molar-refractivity contribution is 5.75. The Labute approximate surface area is 252 Å². The molecular formula is C36H36O7. The van der Waals surface area contributed by atoms with Gasteiger partial charge in [-0.15, -0.1) is 0 Å². The summed E-state index contributed by atoms with van der Waals surface area (Å²) in [7, 11) is 1.42. The molecule has 0 radical (unpaired) electrons. The summed E-state index contributed by atoms with van der Waals surface area (Å²) < 4.78 is 36.6. The largest absolute Gasteiger partial charge is 0.469 e. The van der Waals surface area contributed by atoms with Crippen LogP contribution in [-0.2, 0) is 43.6 Å². The third-order valence-electron chi connectivity index (χ3n) is 8.14. The molecule has 222 valence electrons. The van der Waals surface area contributed by atoms with E-state index in [1.54, 1.807) is 0 Å². The number of hydrogen-bond donors (Lipinski definition) is 0. The van der Waals surface area contributed by atoms with Crippen molar-refractivity contribution in [3.8, 4) is 11.5 Å². The molecule has 6 rings (SSSR count). The second-order valence-electron chi connectivity index (χ2n) is 10.9. The molecule has 0 N–H and O–H groups in total. The molecule has 1 aliphatic carbocycles. The molecule has 0 amide bonds. The number of carbonyl (C=O) groups excluding carboxylic acids is 1. The minimum atomic E-state index is -0.652. The number of esters is 1. The van der Waals surface area contributed by atoms with Crippen molar-refractivity contribution in [2.75, 3.05) is 13.9 Å². The molecule has 4 aromatic carbocycles. The van der Waals surface area contributed by atoms with Gasteiger partial charge < -0.3 is 28.4 Å². The Balaban J connectivity index is 1.37. The number of carbonyl (C=O) groups is 1. The topological polar surface area (TPSA) is 72.5 Å². The minimum Gasteiger partial charge on any atom is -0.469 e. The fourth-order valence-corrected chi connectivity index (χ4v) is 5.97. The fraction of sp³-hybridized carbons (Fsp3) is 0.306. The number of benzene rings is 4. The summed E-state index contributed by atoms with van der Waals surface area (Å²) in [5, 5.41) is 0. The molecule has 0 spiro atoms. The first kappa shape index (κ1) is 28.9. The molecule has 1 saturated carbocycles. The molecule has 2 aliphatic rings. The minimum absolute atomic E-state index is 0.172. The van der Waals surface area contributed by atoms with Gasteiger partial charge in [0.2, 0.25) is 6.79 Å². The summed E-state index contributed by atoms with van der Waals surface area (Å²) >= 11 is 0. The van der Waals surface area contributed by atoms with Gasteiger partial charge >= 0.3 is 5.97 Å². The third-order valence-corrected chi connectivity index (χ3v) is 8.14. The normalized spacial score (nSPS) is 22.7. The van der Waals surface area contributed by atoms with Crippen LogP contribution in [0.1, 0.15) is 34.6 Å². The average Bonchev–Trinajstić information content (AvgIpc) is 3.54. The van der Waals surface area contributed by atoms with Crippen LogP contribution in [0.2, 0.25) is 0 Å². The van der Waals surface area contributed by atoms with E-state index in [-0.39, 0.29) is 24.8 Å². The summed E-state index contributed by atoms with van der Waals surface area (Å²) in [5.41, 5.74) is 4.02. The van der Waals surface area contributed by atoms with E-state index in [4.69, 9.17) is 28.4 Å². The van der Waals surface area contributed by atoms with E-state index in [2.05, 4.69) is 0 Å². The Morgan fingerprint density at radius 3 is 1.79 bits per heavy atom. The van der Waals surface area contributed by atoms with Crippen LogP contribution < -0.4 is 9.47 Å². The SMILES string of the molecule is COC(=O)[C@H]1[C@H](OCc2ccccc2)[C@H](OCc2ccccc2)[C@@H](OCc2ccccc2)C[C@@H]1c1ccc2c(c1)OCO2. The van der Waals surface area contributed by atoms with Crippen molar-refractivity contribution in [2.45, 2.75) is 50.5 Å². The van der Waals surface area contributed by atoms with Gasteiger partial charge in [0.15, 0.2) is 11.5 Å². The highest BCUT2D eigenvalue weighted by atomic mass is 16.7. The van der Waals surface area contributed by atoms with Crippen LogP contribution >= 0.6 is 0 Å². The van der Waals surface area contributed by atoms with Crippen LogP contribution in [0.4, 0.5) is 0 Å². The zero-order chi connectivity index (χ0) is 29.4. The average molecular weight is 581 g/mol. The third kappa shape index (κ3) is 6.91. The van der Waals surface area contributed by atoms with E-state index in [0.717, 1.165) is 22.3 Å². The second kappa shape index (κ2) is 13.9. The van der Waals surface area contributed by atoms with Gasteiger partial charge in [-0.1, -0.05) is 97.1 Å². The van der Waals surface area contributed by atoms with Crippen molar-refractivity contribution in [3.05, 3.63) is 131 Å². The van der Waals surface area contributed by atoms with Gasteiger partial charge in [0.25, 0.3) is 0 Å². The predicted octanol–water partition coefficient (Wildman–Crippen LogP) is 6.45. The molecular weight excluding hydrogens is 544 g/mol. The Morgan fingerprint density at radius 2 is 1.21 bits per heavy atom. The van der Waals surface area contributed by atoms with Crippen molar-refractivity contribution < 1.29 is 33.2 Å². The van der Waals surface area contributed by atoms with Crippen molar-refractivity contribution in [2.24, 2.45) is 5.92 Å². The summed E-state index contributed by atoms with van der Waals surface area (Å²) in [6, 6.07) is 35.8. The fourth-order valence-electron chi connectivity index (χ4n) is 5.97. The molecule has 1 aliphatic heterocycles. The van der Waals surface area contributed by atoms with Gasteiger partial charge in [-0.05, 0) is 40.8 Å². The number of fused-ring (bicyclic) bond motifs is 1. The van der Waals surface area contributed by atoms with Crippen molar-refractivity contribution in [3.63, 3.8) is 0 Å². The number of rotatable bonds is 11. The Bertz CT molecular complexity index is 1460. The predicted molar refractivity (Wildman–Crippen MR) is 160 cm³/mol. The first-order valence-corrected chi connectivity index (χ1v) is 14.6. The lowest BCUT2D eigenvalue weighted by Gasteiger charge is -2.45. The lowest BCUT2D eigenvalue weighted by atomic mass is 9.71. The summed E-state index contributed by atoms with van der Waals surface area (Å²) in [5.74, 6) is 0.0705. The van der Waals surface area contributed by atoms with Crippen molar-refractivity contribution in [1.29, 1.82) is 0 Å². The standard InChI is InChI=1S/C36H36O7/c1-38-36(37)33-29(28-17-18-30-31(19-28)43-24-42-30)20-32(39-21-25-11-5-2-6-12-25)34(40-22-26-13-7-3-8-14-26)35(33)41-23-27-15-9-4-10-16-27/h2-19,29,32-35H,20-24H2,1H3/t29-,32+,33-,34-,35+/m1/s1. The Morgan fingerprint density at radius 1 is 0.674 bits per heavy atom. The molecule has 43 heavy (non-hydrogen) atoms. The Hall–Kier alpha value is -4.17. The Kier molecular flexibility index (Phi) is 9.33. The summed E-state index contributed by atoms with van der Waals surface area (Å²) in [6.45, 7) is 1.23. The van der Waals surface area contributed by atoms with Crippen molar-refractivity contribution in [1.82, 2.24) is 0 Å². The highest BCUT2D eigenvalue weighted by Crippen LogP contribution is 2.45. The molecule has 7 heteroatoms. The second-order valence-corrected chi connectivity index (χ2v) is 10.9. The maximum atomic E-state index is 13.7. The zero-order valence-electron chi connectivity index (χ0n) is 24.2. The molecule has 0 aromatic heterocycles. The molecule has 1 heterocycles. The molecule has 0 unspecified atom stereocenters. The number of hydrogen-bond acceptors (Lipinski definition) is 7. The van der Waals surface area contributed by atoms with Crippen molar-refractivity contribution >= 4 is 5.97 Å². The molecule has 0 bridgehead atoms. The van der Waals surface area contributed by atoms with E-state index in [9.17, 15) is 4.79 Å². The molecule has 0 saturated heterocycles. The summed E-state index contributed by atoms with van der Waals surface area (Å²) in [4.78, 5) is 13.7. The maximum Gasteiger partial charge on any atom is 0.312 e. The monoisotopic (exact) mass is 580 g/mol.